The van der Waals surface area contributed by atoms with E-state index in [0.717, 1.165) is 18.4 Å². The Morgan fingerprint density at radius 1 is 1.14 bits per heavy atom. The monoisotopic (exact) mass is 495 g/mol. The highest BCUT2D eigenvalue weighted by atomic mass is 16.3. The molecule has 0 bridgehead atoms. The molecule has 14 heteroatoms. The SMILES string of the molecule is CCCCNc1nc(N)c2nc(O)n(Cc3ccc(C(=O)NCC(=O)NCCCN=[N+]=[N-])cc3)c2n1. The molecular formula is C22H29N11O3. The van der Waals surface area contributed by atoms with Crippen molar-refractivity contribution in [2.24, 2.45) is 5.11 Å². The fourth-order valence-corrected chi connectivity index (χ4v) is 3.30. The van der Waals surface area contributed by atoms with Crippen LogP contribution in [-0.4, -0.2) is 62.6 Å². The van der Waals surface area contributed by atoms with Crippen LogP contribution >= 0.6 is 0 Å². The summed E-state index contributed by atoms with van der Waals surface area (Å²) in [5, 5.41) is 22.1. The molecule has 0 spiro atoms. The zero-order chi connectivity index (χ0) is 25.9. The van der Waals surface area contributed by atoms with E-state index < -0.39 is 5.91 Å². The average Bonchev–Trinajstić information content (AvgIpc) is 3.18. The summed E-state index contributed by atoms with van der Waals surface area (Å²) in [5.41, 5.74) is 16.1. The van der Waals surface area contributed by atoms with E-state index in [1.165, 1.54) is 4.57 Å². The lowest BCUT2D eigenvalue weighted by Crippen LogP contribution is -2.37. The Morgan fingerprint density at radius 2 is 1.92 bits per heavy atom. The van der Waals surface area contributed by atoms with Crippen LogP contribution in [0.15, 0.2) is 29.4 Å². The van der Waals surface area contributed by atoms with E-state index in [4.69, 9.17) is 11.3 Å². The number of benzene rings is 1. The van der Waals surface area contributed by atoms with Gasteiger partial charge in [-0.05, 0) is 36.1 Å². The van der Waals surface area contributed by atoms with Gasteiger partial charge in [0.15, 0.2) is 17.0 Å². The molecule has 0 aliphatic heterocycles. The van der Waals surface area contributed by atoms with Crippen LogP contribution in [0.4, 0.5) is 11.8 Å². The van der Waals surface area contributed by atoms with E-state index in [1.54, 1.807) is 24.3 Å². The van der Waals surface area contributed by atoms with E-state index in [0.29, 0.717) is 48.7 Å². The number of carbonyl (C=O) groups excluding carboxylic acids is 2. The highest BCUT2D eigenvalue weighted by molar-refractivity contribution is 5.96. The minimum absolute atomic E-state index is 0.166. The number of nitrogens with one attached hydrogen (secondary N) is 3. The van der Waals surface area contributed by atoms with Gasteiger partial charge in [-0.25, -0.2) is 0 Å². The number of anilines is 2. The van der Waals surface area contributed by atoms with Crippen molar-refractivity contribution in [1.82, 2.24) is 30.2 Å². The molecule has 0 atom stereocenters. The lowest BCUT2D eigenvalue weighted by molar-refractivity contribution is -0.120. The number of aromatic nitrogens is 4. The first-order valence-electron chi connectivity index (χ1n) is 11.5. The Morgan fingerprint density at radius 3 is 2.64 bits per heavy atom. The Labute approximate surface area is 207 Å². The lowest BCUT2D eigenvalue weighted by Gasteiger charge is -2.09. The minimum Gasteiger partial charge on any atom is -0.480 e. The molecule has 0 unspecified atom stereocenters. The van der Waals surface area contributed by atoms with Crippen LogP contribution in [0.25, 0.3) is 21.6 Å². The zero-order valence-corrected chi connectivity index (χ0v) is 19.9. The van der Waals surface area contributed by atoms with Crippen LogP contribution in [0.1, 0.15) is 42.1 Å². The number of imidazole rings is 1. The summed E-state index contributed by atoms with van der Waals surface area (Å²) in [5.74, 6) is -0.209. The molecule has 0 aliphatic carbocycles. The molecule has 0 radical (unpaired) electrons. The molecule has 1 aromatic carbocycles. The van der Waals surface area contributed by atoms with Gasteiger partial charge in [0, 0.05) is 30.1 Å². The number of hydrogen-bond acceptors (Lipinski definition) is 9. The quantitative estimate of drug-likeness (QED) is 0.102. The number of amides is 2. The number of unbranched alkanes of at least 4 members (excludes halogenated alkanes) is 1. The van der Waals surface area contributed by atoms with Gasteiger partial charge < -0.3 is 26.8 Å². The number of nitrogens with zero attached hydrogens (tertiary/aromatic N) is 7. The van der Waals surface area contributed by atoms with Gasteiger partial charge in [-0.2, -0.15) is 15.0 Å². The smallest absolute Gasteiger partial charge is 0.296 e. The number of carbonyl (C=O) groups is 2. The van der Waals surface area contributed by atoms with Gasteiger partial charge in [-0.15, -0.1) is 0 Å². The van der Waals surface area contributed by atoms with Crippen molar-refractivity contribution in [2.45, 2.75) is 32.7 Å². The zero-order valence-electron chi connectivity index (χ0n) is 19.9. The maximum atomic E-state index is 12.4. The molecule has 2 amide bonds. The second kappa shape index (κ2) is 12.8. The van der Waals surface area contributed by atoms with E-state index in [9.17, 15) is 14.7 Å². The van der Waals surface area contributed by atoms with Gasteiger partial charge in [0.05, 0.1) is 13.1 Å². The molecule has 36 heavy (non-hydrogen) atoms. The Bertz CT molecular complexity index is 1250. The summed E-state index contributed by atoms with van der Waals surface area (Å²) >= 11 is 0. The molecule has 3 aromatic rings. The molecule has 6 N–H and O–H groups in total. The number of azide groups is 1. The third-order valence-corrected chi connectivity index (χ3v) is 5.20. The summed E-state index contributed by atoms with van der Waals surface area (Å²) < 4.78 is 1.51. The number of nitrogen functional groups attached to an aromatic ring is 1. The van der Waals surface area contributed by atoms with Gasteiger partial charge in [0.25, 0.3) is 11.9 Å². The third kappa shape index (κ3) is 6.96. The maximum absolute atomic E-state index is 12.4. The van der Waals surface area contributed by atoms with Crippen LogP contribution in [0, 0.1) is 0 Å². The van der Waals surface area contributed by atoms with Crippen LogP contribution in [0.2, 0.25) is 0 Å². The molecular weight excluding hydrogens is 466 g/mol. The predicted molar refractivity (Wildman–Crippen MR) is 134 cm³/mol. The minimum atomic E-state index is -0.398. The van der Waals surface area contributed by atoms with E-state index in [1.807, 2.05) is 0 Å². The maximum Gasteiger partial charge on any atom is 0.296 e. The summed E-state index contributed by atoms with van der Waals surface area (Å²) in [6.07, 6.45) is 2.49. The molecule has 0 aliphatic rings. The van der Waals surface area contributed by atoms with Crippen molar-refractivity contribution in [3.63, 3.8) is 0 Å². The molecule has 190 valence electrons. The van der Waals surface area contributed by atoms with Crippen LogP contribution in [0.5, 0.6) is 6.01 Å². The van der Waals surface area contributed by atoms with Gasteiger partial charge in [-0.3, -0.25) is 14.2 Å². The Hall–Kier alpha value is -4.58. The topological polar surface area (TPSA) is 209 Å². The lowest BCUT2D eigenvalue weighted by atomic mass is 10.1. The number of nitrogens with two attached hydrogens (primary N) is 1. The second-order valence-corrected chi connectivity index (χ2v) is 7.92. The fourth-order valence-electron chi connectivity index (χ4n) is 3.30. The summed E-state index contributed by atoms with van der Waals surface area (Å²) in [7, 11) is 0. The van der Waals surface area contributed by atoms with Crippen molar-refractivity contribution >= 4 is 34.7 Å². The van der Waals surface area contributed by atoms with E-state index in [-0.39, 0.29) is 30.8 Å². The summed E-state index contributed by atoms with van der Waals surface area (Å²) in [6, 6.07) is 6.48. The summed E-state index contributed by atoms with van der Waals surface area (Å²) in [4.78, 5) is 39.6. The molecule has 3 rings (SSSR count). The standard InChI is InChI=1S/C22H29N11O3/c1-2-3-9-26-21-30-18(23)17-19(31-21)33(22(36)29-17)13-14-5-7-15(8-6-14)20(35)27-12-16(34)25-10-4-11-28-32-24/h5-8H,2-4,9-13H2,1H3,(H,25,34)(H,27,35)(H,29,36)(H3,23,26,30,31). The van der Waals surface area contributed by atoms with Crippen molar-refractivity contribution in [1.29, 1.82) is 0 Å². The first kappa shape index (κ1) is 26.0. The molecule has 0 saturated carbocycles. The van der Waals surface area contributed by atoms with Gasteiger partial charge >= 0.3 is 0 Å². The normalized spacial score (nSPS) is 10.6. The van der Waals surface area contributed by atoms with Gasteiger partial charge in [0.2, 0.25) is 11.9 Å². The summed E-state index contributed by atoms with van der Waals surface area (Å²) in [6.45, 7) is 3.49. The van der Waals surface area contributed by atoms with Crippen molar-refractivity contribution in [3.05, 3.63) is 45.8 Å². The molecule has 0 fully saturated rings. The van der Waals surface area contributed by atoms with Gasteiger partial charge in [-0.1, -0.05) is 30.6 Å². The number of fused-ring (bicyclic) bond motifs is 1. The molecule has 2 aromatic heterocycles. The van der Waals surface area contributed by atoms with Crippen LogP contribution in [-0.2, 0) is 11.3 Å². The fraction of sp³-hybridized carbons (Fsp3) is 0.409. The van der Waals surface area contributed by atoms with Crippen molar-refractivity contribution in [3.8, 4) is 6.01 Å². The Kier molecular flexibility index (Phi) is 9.23. The van der Waals surface area contributed by atoms with E-state index >= 15 is 0 Å². The average molecular weight is 496 g/mol. The first-order valence-corrected chi connectivity index (χ1v) is 11.5. The molecule has 14 nitrogen and oxygen atoms in total. The second-order valence-electron chi connectivity index (χ2n) is 7.92. The number of hydrogen-bond donors (Lipinski definition) is 5. The highest BCUT2D eigenvalue weighted by Gasteiger charge is 2.17. The van der Waals surface area contributed by atoms with E-state index in [2.05, 4.69) is 47.9 Å². The van der Waals surface area contributed by atoms with Crippen LogP contribution < -0.4 is 21.7 Å². The molecule has 2 heterocycles. The Balaban J connectivity index is 1.61. The number of rotatable bonds is 13. The van der Waals surface area contributed by atoms with Gasteiger partial charge in [0.1, 0.15) is 0 Å². The highest BCUT2D eigenvalue weighted by Crippen LogP contribution is 2.25. The molecule has 0 saturated heterocycles. The first-order chi connectivity index (χ1) is 17.4. The predicted octanol–water partition coefficient (Wildman–Crippen LogP) is 1.92. The third-order valence-electron chi connectivity index (χ3n) is 5.20. The number of aromatic hydroxyl groups is 1. The van der Waals surface area contributed by atoms with Crippen molar-refractivity contribution in [2.75, 3.05) is 37.2 Å². The van der Waals surface area contributed by atoms with Crippen LogP contribution in [0.3, 0.4) is 0 Å². The largest absolute Gasteiger partial charge is 0.480 e. The van der Waals surface area contributed by atoms with Crippen molar-refractivity contribution < 1.29 is 14.7 Å².